The van der Waals surface area contributed by atoms with E-state index in [4.69, 9.17) is 10.2 Å². The maximum absolute atomic E-state index is 10.3. The second-order valence-electron chi connectivity index (χ2n) is 3.54. The van der Waals surface area contributed by atoms with Crippen LogP contribution in [0.15, 0.2) is 30.3 Å². The first-order valence-corrected chi connectivity index (χ1v) is 6.56. The normalized spacial score (nSPS) is 10.9. The molecule has 0 saturated heterocycles. The number of hydrogen-bond donors (Lipinski definition) is 2. The van der Waals surface area contributed by atoms with Gasteiger partial charge in [0, 0.05) is 18.4 Å². The number of aliphatic hydroxyl groups excluding tert-OH is 1. The van der Waals surface area contributed by atoms with Gasteiger partial charge < -0.3 is 10.2 Å². The summed E-state index contributed by atoms with van der Waals surface area (Å²) >= 11 is 1.78. The van der Waals surface area contributed by atoms with Crippen LogP contribution in [-0.4, -0.2) is 28.5 Å². The molecule has 0 saturated carbocycles. The van der Waals surface area contributed by atoms with Gasteiger partial charge in [0.2, 0.25) is 0 Å². The highest BCUT2D eigenvalue weighted by Gasteiger charge is 1.94. The van der Waals surface area contributed by atoms with Gasteiger partial charge in [-0.25, -0.2) is 4.79 Å². The van der Waals surface area contributed by atoms with E-state index in [0.717, 1.165) is 29.6 Å². The van der Waals surface area contributed by atoms with Crippen LogP contribution in [0, 0.1) is 0 Å². The summed E-state index contributed by atoms with van der Waals surface area (Å²) in [6.07, 6.45) is 3.53. The Morgan fingerprint density at radius 1 is 1.29 bits per heavy atom. The third kappa shape index (κ3) is 6.14. The number of rotatable bonds is 7. The van der Waals surface area contributed by atoms with Crippen molar-refractivity contribution in [3.05, 3.63) is 41.5 Å². The molecule has 17 heavy (non-hydrogen) atoms. The predicted molar refractivity (Wildman–Crippen MR) is 71.0 cm³/mol. The minimum absolute atomic E-state index is 0.242. The number of carboxylic acid groups (broad SMARTS) is 1. The SMILES string of the molecule is O=C(O)C=Cc1ccc(CSCCCO)cc1. The van der Waals surface area contributed by atoms with Crippen molar-refractivity contribution in [2.45, 2.75) is 12.2 Å². The van der Waals surface area contributed by atoms with Crippen molar-refractivity contribution in [1.82, 2.24) is 0 Å². The van der Waals surface area contributed by atoms with Gasteiger partial charge in [-0.05, 0) is 29.4 Å². The summed E-state index contributed by atoms with van der Waals surface area (Å²) in [4.78, 5) is 10.3. The second-order valence-corrected chi connectivity index (χ2v) is 4.65. The van der Waals surface area contributed by atoms with Crippen LogP contribution in [-0.2, 0) is 10.5 Å². The van der Waals surface area contributed by atoms with E-state index in [-0.39, 0.29) is 6.61 Å². The van der Waals surface area contributed by atoms with Crippen molar-refractivity contribution in [2.24, 2.45) is 0 Å². The number of hydrogen-bond acceptors (Lipinski definition) is 3. The van der Waals surface area contributed by atoms with Gasteiger partial charge in [0.25, 0.3) is 0 Å². The molecular weight excluding hydrogens is 236 g/mol. The molecule has 1 aromatic carbocycles. The summed E-state index contributed by atoms with van der Waals surface area (Å²) in [6, 6.07) is 7.80. The second kappa shape index (κ2) is 7.92. The molecule has 0 unspecified atom stereocenters. The molecule has 0 amide bonds. The maximum atomic E-state index is 10.3. The van der Waals surface area contributed by atoms with Crippen molar-refractivity contribution in [3.8, 4) is 0 Å². The first kappa shape index (κ1) is 13.8. The Bertz CT molecular complexity index is 371. The standard InChI is InChI=1S/C13H16O3S/c14-8-1-9-17-10-12-4-2-11(3-5-12)6-7-13(15)16/h2-7,14H,1,8-10H2,(H,15,16). The van der Waals surface area contributed by atoms with E-state index >= 15 is 0 Å². The number of carboxylic acids is 1. The van der Waals surface area contributed by atoms with Crippen LogP contribution >= 0.6 is 11.8 Å². The molecule has 0 atom stereocenters. The minimum Gasteiger partial charge on any atom is -0.478 e. The summed E-state index contributed by atoms with van der Waals surface area (Å²) in [6.45, 7) is 0.242. The molecule has 2 N–H and O–H groups in total. The summed E-state index contributed by atoms with van der Waals surface area (Å²) < 4.78 is 0. The van der Waals surface area contributed by atoms with E-state index in [1.807, 2.05) is 24.3 Å². The Labute approximate surface area is 105 Å². The Balaban J connectivity index is 2.42. The molecule has 0 aliphatic carbocycles. The summed E-state index contributed by atoms with van der Waals surface area (Å²) in [7, 11) is 0. The lowest BCUT2D eigenvalue weighted by Gasteiger charge is -2.01. The Hall–Kier alpha value is -1.26. The van der Waals surface area contributed by atoms with Gasteiger partial charge in [-0.15, -0.1) is 0 Å². The lowest BCUT2D eigenvalue weighted by Crippen LogP contribution is -1.88. The van der Waals surface area contributed by atoms with Crippen LogP contribution in [0.5, 0.6) is 0 Å². The molecule has 0 radical (unpaired) electrons. The zero-order chi connectivity index (χ0) is 12.5. The summed E-state index contributed by atoms with van der Waals surface area (Å²) in [5.41, 5.74) is 2.09. The van der Waals surface area contributed by atoms with E-state index < -0.39 is 5.97 Å². The van der Waals surface area contributed by atoms with E-state index in [1.54, 1.807) is 17.8 Å². The lowest BCUT2D eigenvalue weighted by atomic mass is 10.1. The third-order valence-electron chi connectivity index (χ3n) is 2.11. The maximum Gasteiger partial charge on any atom is 0.328 e. The Morgan fingerprint density at radius 2 is 2.00 bits per heavy atom. The minimum atomic E-state index is -0.936. The fourth-order valence-corrected chi connectivity index (χ4v) is 2.15. The molecule has 0 bridgehead atoms. The summed E-state index contributed by atoms with van der Waals surface area (Å²) in [5, 5.41) is 17.1. The monoisotopic (exact) mass is 252 g/mol. The quantitative estimate of drug-likeness (QED) is 0.578. The smallest absolute Gasteiger partial charge is 0.328 e. The molecule has 4 heteroatoms. The van der Waals surface area contributed by atoms with Crippen LogP contribution < -0.4 is 0 Å². The van der Waals surface area contributed by atoms with Crippen LogP contribution in [0.25, 0.3) is 6.08 Å². The zero-order valence-corrected chi connectivity index (χ0v) is 10.3. The fourth-order valence-electron chi connectivity index (χ4n) is 1.25. The number of aliphatic hydroxyl groups is 1. The van der Waals surface area contributed by atoms with Crippen molar-refractivity contribution in [1.29, 1.82) is 0 Å². The molecule has 0 heterocycles. The molecule has 0 fully saturated rings. The highest BCUT2D eigenvalue weighted by Crippen LogP contribution is 2.14. The summed E-state index contributed by atoms with van der Waals surface area (Å²) in [5.74, 6) is 0.939. The molecule has 0 aliphatic rings. The van der Waals surface area contributed by atoms with Gasteiger partial charge in [0.1, 0.15) is 0 Å². The fraction of sp³-hybridized carbons (Fsp3) is 0.308. The number of benzene rings is 1. The average Bonchev–Trinajstić information content (AvgIpc) is 2.33. The van der Waals surface area contributed by atoms with Gasteiger partial charge in [0.15, 0.2) is 0 Å². The molecular formula is C13H16O3S. The lowest BCUT2D eigenvalue weighted by molar-refractivity contribution is -0.131. The molecule has 0 aliphatic heterocycles. The molecule has 0 spiro atoms. The predicted octanol–water partition coefficient (Wildman–Crippen LogP) is 2.40. The van der Waals surface area contributed by atoms with Crippen LogP contribution in [0.3, 0.4) is 0 Å². The zero-order valence-electron chi connectivity index (χ0n) is 9.50. The van der Waals surface area contributed by atoms with E-state index in [1.165, 1.54) is 5.56 Å². The number of carbonyl (C=O) groups is 1. The highest BCUT2D eigenvalue weighted by atomic mass is 32.2. The Morgan fingerprint density at radius 3 is 2.59 bits per heavy atom. The van der Waals surface area contributed by atoms with Gasteiger partial charge >= 0.3 is 5.97 Å². The first-order chi connectivity index (χ1) is 8.22. The van der Waals surface area contributed by atoms with Gasteiger partial charge in [-0.3, -0.25) is 0 Å². The van der Waals surface area contributed by atoms with Crippen LogP contribution in [0.2, 0.25) is 0 Å². The van der Waals surface area contributed by atoms with Gasteiger partial charge in [-0.1, -0.05) is 24.3 Å². The molecule has 92 valence electrons. The molecule has 1 rings (SSSR count). The first-order valence-electron chi connectivity index (χ1n) is 5.41. The molecule has 0 aromatic heterocycles. The highest BCUT2D eigenvalue weighted by molar-refractivity contribution is 7.98. The average molecular weight is 252 g/mol. The van der Waals surface area contributed by atoms with Crippen molar-refractivity contribution >= 4 is 23.8 Å². The van der Waals surface area contributed by atoms with Crippen molar-refractivity contribution in [2.75, 3.05) is 12.4 Å². The van der Waals surface area contributed by atoms with E-state index in [2.05, 4.69) is 0 Å². The van der Waals surface area contributed by atoms with Crippen molar-refractivity contribution in [3.63, 3.8) is 0 Å². The molecule has 3 nitrogen and oxygen atoms in total. The van der Waals surface area contributed by atoms with Crippen LogP contribution in [0.1, 0.15) is 17.5 Å². The topological polar surface area (TPSA) is 57.5 Å². The van der Waals surface area contributed by atoms with Gasteiger partial charge in [-0.2, -0.15) is 11.8 Å². The van der Waals surface area contributed by atoms with E-state index in [9.17, 15) is 4.79 Å². The molecule has 1 aromatic rings. The van der Waals surface area contributed by atoms with Crippen molar-refractivity contribution < 1.29 is 15.0 Å². The van der Waals surface area contributed by atoms with E-state index in [0.29, 0.717) is 0 Å². The largest absolute Gasteiger partial charge is 0.478 e. The Kier molecular flexibility index (Phi) is 6.43. The third-order valence-corrected chi connectivity index (χ3v) is 3.23. The number of aliphatic carboxylic acids is 1. The van der Waals surface area contributed by atoms with Gasteiger partial charge in [0.05, 0.1) is 0 Å². The van der Waals surface area contributed by atoms with Crippen LogP contribution in [0.4, 0.5) is 0 Å². The number of thioether (sulfide) groups is 1.